The number of carbonyl (C=O) groups is 1. The first-order valence-corrected chi connectivity index (χ1v) is 12.3. The molecule has 2 aromatic carbocycles. The zero-order chi connectivity index (χ0) is 22.0. The Kier molecular flexibility index (Phi) is 6.64. The maximum atomic E-state index is 12.8. The van der Waals surface area contributed by atoms with E-state index in [4.69, 9.17) is 4.43 Å². The Bertz CT molecular complexity index is 853. The molecule has 0 fully saturated rings. The van der Waals surface area contributed by atoms with E-state index >= 15 is 0 Å². The zero-order valence-corrected chi connectivity index (χ0v) is 18.3. The van der Waals surface area contributed by atoms with Crippen molar-refractivity contribution in [1.82, 2.24) is 0 Å². The number of carboxylic acids is 1. The number of alkyl halides is 3. The van der Waals surface area contributed by atoms with Gasteiger partial charge in [0.05, 0.1) is 18.1 Å². The van der Waals surface area contributed by atoms with Gasteiger partial charge in [0.15, 0.2) is 8.32 Å². The van der Waals surface area contributed by atoms with Crippen molar-refractivity contribution < 1.29 is 27.5 Å². The van der Waals surface area contributed by atoms with Crippen LogP contribution in [0.1, 0.15) is 44.4 Å². The van der Waals surface area contributed by atoms with E-state index in [0.717, 1.165) is 12.1 Å². The lowest BCUT2D eigenvalue weighted by Gasteiger charge is -2.39. The van der Waals surface area contributed by atoms with Gasteiger partial charge in [0.2, 0.25) is 0 Å². The summed E-state index contributed by atoms with van der Waals surface area (Å²) in [6.07, 6.45) is -5.18. The summed E-state index contributed by atoms with van der Waals surface area (Å²) < 4.78 is 44.8. The van der Waals surface area contributed by atoms with E-state index < -0.39 is 32.1 Å². The molecular formula is C22H27F3O3Si. The van der Waals surface area contributed by atoms with Crippen LogP contribution in [0, 0.1) is 0 Å². The maximum Gasteiger partial charge on any atom is 0.416 e. The third-order valence-electron chi connectivity index (χ3n) is 5.41. The van der Waals surface area contributed by atoms with E-state index in [2.05, 4.69) is 33.9 Å². The second-order valence-corrected chi connectivity index (χ2v) is 13.4. The fraction of sp³-hybridized carbons (Fsp3) is 0.409. The van der Waals surface area contributed by atoms with Crippen molar-refractivity contribution in [3.05, 3.63) is 59.7 Å². The van der Waals surface area contributed by atoms with Gasteiger partial charge in [-0.05, 0) is 53.0 Å². The molecule has 7 heteroatoms. The molecule has 0 amide bonds. The van der Waals surface area contributed by atoms with Gasteiger partial charge in [-0.2, -0.15) is 13.2 Å². The Morgan fingerprint density at radius 3 is 2.10 bits per heavy atom. The highest BCUT2D eigenvalue weighted by atomic mass is 28.4. The van der Waals surface area contributed by atoms with Crippen LogP contribution in [-0.4, -0.2) is 19.4 Å². The molecule has 29 heavy (non-hydrogen) atoms. The third-order valence-corrected chi connectivity index (χ3v) is 9.89. The van der Waals surface area contributed by atoms with E-state index in [9.17, 15) is 23.1 Å². The summed E-state index contributed by atoms with van der Waals surface area (Å²) in [5.41, 5.74) is 1.34. The van der Waals surface area contributed by atoms with Gasteiger partial charge in [-0.15, -0.1) is 0 Å². The lowest BCUT2D eigenvalue weighted by Crippen LogP contribution is -2.42. The minimum atomic E-state index is -4.38. The molecule has 0 aliphatic carbocycles. The Hall–Kier alpha value is -2.12. The Morgan fingerprint density at radius 1 is 1.03 bits per heavy atom. The highest BCUT2D eigenvalue weighted by molar-refractivity contribution is 6.74. The van der Waals surface area contributed by atoms with Crippen molar-refractivity contribution in [2.75, 3.05) is 0 Å². The van der Waals surface area contributed by atoms with Crippen LogP contribution < -0.4 is 0 Å². The summed E-state index contributed by atoms with van der Waals surface area (Å²) in [5, 5.41) is 9.28. The first-order valence-electron chi connectivity index (χ1n) is 9.38. The second-order valence-electron chi connectivity index (χ2n) is 8.67. The summed E-state index contributed by atoms with van der Waals surface area (Å²) in [6, 6.07) is 12.1. The summed E-state index contributed by atoms with van der Waals surface area (Å²) in [4.78, 5) is 11.4. The van der Waals surface area contributed by atoms with Gasteiger partial charge in [-0.25, -0.2) is 0 Å². The molecule has 0 bridgehead atoms. The SMILES string of the molecule is CC(C)(C)[Si](C)(C)OC(CC(=O)O)c1cccc(-c2ccc(C(F)(F)F)cc2)c1. The summed E-state index contributed by atoms with van der Waals surface area (Å²) in [5.74, 6) is -0.964. The van der Waals surface area contributed by atoms with Crippen LogP contribution in [0.2, 0.25) is 18.1 Å². The number of aliphatic carboxylic acids is 1. The monoisotopic (exact) mass is 424 g/mol. The molecule has 1 atom stereocenters. The van der Waals surface area contributed by atoms with E-state index in [0.29, 0.717) is 16.7 Å². The van der Waals surface area contributed by atoms with E-state index in [-0.39, 0.29) is 11.5 Å². The molecule has 0 spiro atoms. The van der Waals surface area contributed by atoms with Gasteiger partial charge in [0.1, 0.15) is 0 Å². The molecule has 0 radical (unpaired) electrons. The number of carboxylic acid groups (broad SMARTS) is 1. The highest BCUT2D eigenvalue weighted by Gasteiger charge is 2.40. The molecule has 2 aromatic rings. The summed E-state index contributed by atoms with van der Waals surface area (Å²) in [6.45, 7) is 10.4. The molecule has 0 aromatic heterocycles. The molecule has 3 nitrogen and oxygen atoms in total. The average Bonchev–Trinajstić information content (AvgIpc) is 2.59. The lowest BCUT2D eigenvalue weighted by molar-refractivity contribution is -0.139. The van der Waals surface area contributed by atoms with Crippen molar-refractivity contribution in [2.24, 2.45) is 0 Å². The van der Waals surface area contributed by atoms with Gasteiger partial charge in [0.25, 0.3) is 0 Å². The predicted octanol–water partition coefficient (Wildman–Crippen LogP) is 6.91. The third kappa shape index (κ3) is 5.93. The van der Waals surface area contributed by atoms with Crippen molar-refractivity contribution in [1.29, 1.82) is 0 Å². The maximum absolute atomic E-state index is 12.8. The standard InChI is InChI=1S/C22H27F3O3Si/c1-21(2,3)29(4,5)28-19(14-20(26)27)17-8-6-7-16(13-17)15-9-11-18(12-10-15)22(23,24)25/h6-13,19H,14H2,1-5H3,(H,26,27). The van der Waals surface area contributed by atoms with Gasteiger partial charge >= 0.3 is 12.1 Å². The normalized spacial score (nSPS) is 13.9. The van der Waals surface area contributed by atoms with Crippen LogP contribution in [0.4, 0.5) is 13.2 Å². The Morgan fingerprint density at radius 2 is 1.62 bits per heavy atom. The average molecular weight is 425 g/mol. The van der Waals surface area contributed by atoms with Gasteiger partial charge in [-0.3, -0.25) is 4.79 Å². The first kappa shape index (κ1) is 23.2. The van der Waals surface area contributed by atoms with E-state index in [1.807, 2.05) is 0 Å². The summed E-state index contributed by atoms with van der Waals surface area (Å²) >= 11 is 0. The van der Waals surface area contributed by atoms with Crippen molar-refractivity contribution in [3.63, 3.8) is 0 Å². The number of benzene rings is 2. The molecule has 158 valence electrons. The van der Waals surface area contributed by atoms with Crippen molar-refractivity contribution in [3.8, 4) is 11.1 Å². The smallest absolute Gasteiger partial charge is 0.416 e. The van der Waals surface area contributed by atoms with Crippen LogP contribution in [0.5, 0.6) is 0 Å². The molecule has 0 heterocycles. The van der Waals surface area contributed by atoms with Crippen LogP contribution in [0.3, 0.4) is 0 Å². The fourth-order valence-corrected chi connectivity index (χ4v) is 3.97. The summed E-state index contributed by atoms with van der Waals surface area (Å²) in [7, 11) is -2.23. The minimum absolute atomic E-state index is 0.0885. The fourth-order valence-electron chi connectivity index (χ4n) is 2.69. The molecule has 1 N–H and O–H groups in total. The molecule has 0 aliphatic rings. The van der Waals surface area contributed by atoms with Crippen LogP contribution in [0.25, 0.3) is 11.1 Å². The van der Waals surface area contributed by atoms with Crippen LogP contribution in [-0.2, 0) is 15.4 Å². The molecule has 2 rings (SSSR count). The van der Waals surface area contributed by atoms with Crippen LogP contribution >= 0.6 is 0 Å². The largest absolute Gasteiger partial charge is 0.481 e. The molecular weight excluding hydrogens is 397 g/mol. The molecule has 1 unspecified atom stereocenters. The number of halogens is 3. The molecule has 0 aliphatic heterocycles. The van der Waals surface area contributed by atoms with Gasteiger partial charge < -0.3 is 9.53 Å². The van der Waals surface area contributed by atoms with E-state index in [1.165, 1.54) is 12.1 Å². The Balaban J connectivity index is 2.38. The van der Waals surface area contributed by atoms with Crippen molar-refractivity contribution in [2.45, 2.75) is 57.6 Å². The van der Waals surface area contributed by atoms with Gasteiger partial charge in [0, 0.05) is 0 Å². The zero-order valence-electron chi connectivity index (χ0n) is 17.3. The molecule has 0 saturated carbocycles. The van der Waals surface area contributed by atoms with E-state index in [1.54, 1.807) is 24.3 Å². The lowest BCUT2D eigenvalue weighted by atomic mass is 9.98. The predicted molar refractivity (Wildman–Crippen MR) is 110 cm³/mol. The quantitative estimate of drug-likeness (QED) is 0.513. The molecule has 0 saturated heterocycles. The number of rotatable bonds is 6. The topological polar surface area (TPSA) is 46.5 Å². The first-order chi connectivity index (χ1) is 13.2. The second kappa shape index (κ2) is 8.32. The number of hydrogen-bond donors (Lipinski definition) is 1. The van der Waals surface area contributed by atoms with Crippen molar-refractivity contribution >= 4 is 14.3 Å². The van der Waals surface area contributed by atoms with Crippen LogP contribution in [0.15, 0.2) is 48.5 Å². The highest BCUT2D eigenvalue weighted by Crippen LogP contribution is 2.41. The minimum Gasteiger partial charge on any atom is -0.481 e. The van der Waals surface area contributed by atoms with Gasteiger partial charge in [-0.1, -0.05) is 51.1 Å². The number of hydrogen-bond acceptors (Lipinski definition) is 2. The Labute approximate surface area is 170 Å².